The van der Waals surface area contributed by atoms with Crippen molar-refractivity contribution in [3.8, 4) is 0 Å². The number of nitrogens with zero attached hydrogens (tertiary/aromatic N) is 1. The number of rotatable bonds is 4. The fraction of sp³-hybridized carbons (Fsp3) is 0.533. The largest absolute Gasteiger partial charge is 0.372 e. The smallest absolute Gasteiger partial charge is 0.136 e. The number of nitrogens with one attached hydrogen (secondary N) is 1. The van der Waals surface area contributed by atoms with Crippen LogP contribution in [0.5, 0.6) is 0 Å². The van der Waals surface area contributed by atoms with Gasteiger partial charge < -0.3 is 4.74 Å². The first-order valence-corrected chi connectivity index (χ1v) is 6.54. The molecule has 0 amide bonds. The quantitative estimate of drug-likeness (QED) is 0.906. The second-order valence-corrected chi connectivity index (χ2v) is 6.14. The second-order valence-electron chi connectivity index (χ2n) is 6.14. The minimum atomic E-state index is -0.419. The van der Waals surface area contributed by atoms with Gasteiger partial charge in [0.25, 0.3) is 0 Å². The predicted molar refractivity (Wildman–Crippen MR) is 74.1 cm³/mol. The van der Waals surface area contributed by atoms with Gasteiger partial charge >= 0.3 is 0 Å². The molecule has 0 radical (unpaired) electrons. The molecule has 0 spiro atoms. The number of hydroxylamine groups is 1. The van der Waals surface area contributed by atoms with Crippen molar-refractivity contribution in [1.29, 1.82) is 0 Å². The zero-order valence-corrected chi connectivity index (χ0v) is 12.1. The van der Waals surface area contributed by atoms with Gasteiger partial charge in [0.05, 0.1) is 18.9 Å². The van der Waals surface area contributed by atoms with Crippen molar-refractivity contribution in [3.05, 3.63) is 41.9 Å². The molecule has 0 saturated carbocycles. The lowest BCUT2D eigenvalue weighted by atomic mass is 9.90. The predicted octanol–water partition coefficient (Wildman–Crippen LogP) is 2.82. The first kappa shape index (κ1) is 14.0. The van der Waals surface area contributed by atoms with Crippen molar-refractivity contribution < 1.29 is 9.57 Å². The summed E-state index contributed by atoms with van der Waals surface area (Å²) in [5, 5.41) is 0. The molecule has 1 aliphatic rings. The van der Waals surface area contributed by atoms with E-state index in [1.54, 1.807) is 6.20 Å². The Bertz CT molecular complexity index is 451. The normalized spacial score (nSPS) is 23.1. The molecular formula is C15H22N2O2. The van der Waals surface area contributed by atoms with E-state index in [9.17, 15) is 0 Å². The van der Waals surface area contributed by atoms with Crippen molar-refractivity contribution in [3.63, 3.8) is 0 Å². The molecule has 0 bridgehead atoms. The maximum Gasteiger partial charge on any atom is 0.136 e. The minimum Gasteiger partial charge on any atom is -0.372 e. The van der Waals surface area contributed by atoms with Gasteiger partial charge in [-0.05, 0) is 25.1 Å². The van der Waals surface area contributed by atoms with Gasteiger partial charge in [0.1, 0.15) is 5.60 Å². The Labute approximate surface area is 114 Å². The molecule has 0 aromatic carbocycles. The SMILES string of the molecule is CC1(COCc2ccccn2)C=C(C(C)(C)C)NO1. The van der Waals surface area contributed by atoms with E-state index in [0.29, 0.717) is 13.2 Å². The first-order valence-electron chi connectivity index (χ1n) is 6.54. The average molecular weight is 262 g/mol. The summed E-state index contributed by atoms with van der Waals surface area (Å²) >= 11 is 0. The highest BCUT2D eigenvalue weighted by Crippen LogP contribution is 2.31. The molecule has 0 saturated heterocycles. The molecular weight excluding hydrogens is 240 g/mol. The summed E-state index contributed by atoms with van der Waals surface area (Å²) < 4.78 is 5.70. The van der Waals surface area contributed by atoms with E-state index in [1.807, 2.05) is 25.1 Å². The third-order valence-electron chi connectivity index (χ3n) is 3.02. The van der Waals surface area contributed by atoms with Crippen LogP contribution in [-0.4, -0.2) is 17.2 Å². The van der Waals surface area contributed by atoms with E-state index in [-0.39, 0.29) is 5.41 Å². The molecule has 2 heterocycles. The van der Waals surface area contributed by atoms with Gasteiger partial charge in [-0.3, -0.25) is 15.3 Å². The molecule has 104 valence electrons. The van der Waals surface area contributed by atoms with E-state index >= 15 is 0 Å². The lowest BCUT2D eigenvalue weighted by molar-refractivity contribution is -0.0830. The monoisotopic (exact) mass is 262 g/mol. The van der Waals surface area contributed by atoms with Crippen molar-refractivity contribution >= 4 is 0 Å². The molecule has 1 aromatic rings. The van der Waals surface area contributed by atoms with Crippen LogP contribution >= 0.6 is 0 Å². The van der Waals surface area contributed by atoms with Crippen LogP contribution in [0.4, 0.5) is 0 Å². The summed E-state index contributed by atoms with van der Waals surface area (Å²) in [4.78, 5) is 9.85. The molecule has 2 rings (SSSR count). The summed E-state index contributed by atoms with van der Waals surface area (Å²) in [6.07, 6.45) is 3.87. The standard InChI is InChI=1S/C15H22N2O2/c1-14(2,3)13-9-15(4,19-17-13)11-18-10-12-7-5-6-8-16-12/h5-9,17H,10-11H2,1-4H3. The molecule has 4 nitrogen and oxygen atoms in total. The molecule has 0 fully saturated rings. The Morgan fingerprint density at radius 2 is 2.16 bits per heavy atom. The molecule has 1 N–H and O–H groups in total. The van der Waals surface area contributed by atoms with E-state index in [1.165, 1.54) is 0 Å². The van der Waals surface area contributed by atoms with Crippen LogP contribution in [0.2, 0.25) is 0 Å². The highest BCUT2D eigenvalue weighted by atomic mass is 16.7. The molecule has 1 unspecified atom stereocenters. The van der Waals surface area contributed by atoms with Gasteiger partial charge in [0.2, 0.25) is 0 Å². The number of allylic oxidation sites excluding steroid dienone is 1. The van der Waals surface area contributed by atoms with Crippen LogP contribution in [-0.2, 0) is 16.2 Å². The van der Waals surface area contributed by atoms with Crippen LogP contribution in [0.1, 0.15) is 33.4 Å². The second kappa shape index (κ2) is 5.31. The van der Waals surface area contributed by atoms with E-state index < -0.39 is 5.60 Å². The van der Waals surface area contributed by atoms with Crippen LogP contribution < -0.4 is 5.48 Å². The van der Waals surface area contributed by atoms with Crippen molar-refractivity contribution in [2.75, 3.05) is 6.61 Å². The maximum absolute atomic E-state index is 5.70. The summed E-state index contributed by atoms with van der Waals surface area (Å²) in [6.45, 7) is 9.45. The average Bonchev–Trinajstić information content (AvgIpc) is 2.73. The summed E-state index contributed by atoms with van der Waals surface area (Å²) in [7, 11) is 0. The Morgan fingerprint density at radius 1 is 1.37 bits per heavy atom. The molecule has 1 aromatic heterocycles. The topological polar surface area (TPSA) is 43.4 Å². The van der Waals surface area contributed by atoms with Gasteiger partial charge in [-0.15, -0.1) is 0 Å². The number of hydrogen-bond donors (Lipinski definition) is 1. The zero-order chi connectivity index (χ0) is 13.9. The van der Waals surface area contributed by atoms with Gasteiger partial charge in [0.15, 0.2) is 0 Å². The fourth-order valence-corrected chi connectivity index (χ4v) is 1.82. The van der Waals surface area contributed by atoms with Crippen LogP contribution in [0.25, 0.3) is 0 Å². The van der Waals surface area contributed by atoms with E-state index in [2.05, 4.69) is 37.3 Å². The molecule has 4 heteroatoms. The summed E-state index contributed by atoms with van der Waals surface area (Å²) in [5.41, 5.74) is 4.66. The Morgan fingerprint density at radius 3 is 2.74 bits per heavy atom. The maximum atomic E-state index is 5.70. The first-order chi connectivity index (χ1) is 8.89. The van der Waals surface area contributed by atoms with Crippen LogP contribution in [0, 0.1) is 5.41 Å². The van der Waals surface area contributed by atoms with Gasteiger partial charge in [-0.2, -0.15) is 0 Å². The number of aromatic nitrogens is 1. The lowest BCUT2D eigenvalue weighted by Gasteiger charge is -2.20. The molecule has 1 aliphatic heterocycles. The van der Waals surface area contributed by atoms with E-state index in [0.717, 1.165) is 11.4 Å². The molecule has 1 atom stereocenters. The Hall–Kier alpha value is -1.39. The summed E-state index contributed by atoms with van der Waals surface area (Å²) in [6, 6.07) is 5.80. The lowest BCUT2D eigenvalue weighted by Crippen LogP contribution is -2.31. The van der Waals surface area contributed by atoms with Crippen molar-refractivity contribution in [1.82, 2.24) is 10.5 Å². The highest BCUT2D eigenvalue weighted by molar-refractivity contribution is 5.18. The minimum absolute atomic E-state index is 0.0543. The Balaban J connectivity index is 1.88. The molecule has 19 heavy (non-hydrogen) atoms. The number of hydrogen-bond acceptors (Lipinski definition) is 4. The van der Waals surface area contributed by atoms with Gasteiger partial charge in [-0.1, -0.05) is 26.8 Å². The van der Waals surface area contributed by atoms with Crippen molar-refractivity contribution in [2.45, 2.75) is 39.9 Å². The van der Waals surface area contributed by atoms with Gasteiger partial charge in [0, 0.05) is 17.3 Å². The third-order valence-corrected chi connectivity index (χ3v) is 3.02. The number of ether oxygens (including phenoxy) is 1. The van der Waals surface area contributed by atoms with Crippen LogP contribution in [0.3, 0.4) is 0 Å². The summed E-state index contributed by atoms with van der Waals surface area (Å²) in [5.74, 6) is 0. The zero-order valence-electron chi connectivity index (χ0n) is 12.1. The third kappa shape index (κ3) is 3.78. The van der Waals surface area contributed by atoms with Crippen LogP contribution in [0.15, 0.2) is 36.2 Å². The Kier molecular flexibility index (Phi) is 3.92. The molecule has 0 aliphatic carbocycles. The van der Waals surface area contributed by atoms with Crippen molar-refractivity contribution in [2.24, 2.45) is 5.41 Å². The number of pyridine rings is 1. The fourth-order valence-electron chi connectivity index (χ4n) is 1.82. The van der Waals surface area contributed by atoms with Gasteiger partial charge in [-0.25, -0.2) is 0 Å². The van der Waals surface area contributed by atoms with E-state index in [4.69, 9.17) is 9.57 Å². The highest BCUT2D eigenvalue weighted by Gasteiger charge is 2.34.